The Morgan fingerprint density at radius 3 is 2.68 bits per heavy atom. The zero-order chi connectivity index (χ0) is 19.2. The third-order valence-corrected chi connectivity index (χ3v) is 5.25. The van der Waals surface area contributed by atoms with Crippen LogP contribution in [0.25, 0.3) is 0 Å². The van der Waals surface area contributed by atoms with Crippen LogP contribution < -0.4 is 15.8 Å². The fourth-order valence-corrected chi connectivity index (χ4v) is 3.67. The highest BCUT2D eigenvalue weighted by Crippen LogP contribution is 2.28. The Labute approximate surface area is 174 Å². The predicted molar refractivity (Wildman–Crippen MR) is 113 cm³/mol. The molecule has 1 saturated heterocycles. The van der Waals surface area contributed by atoms with Gasteiger partial charge < -0.3 is 20.7 Å². The number of carbonyl (C=O) groups excluding carboxylic acids is 2. The number of anilines is 1. The summed E-state index contributed by atoms with van der Waals surface area (Å²) in [6.45, 7) is 4.16. The molecule has 1 aromatic carbocycles. The van der Waals surface area contributed by atoms with Crippen LogP contribution in [0, 0.1) is 0 Å². The van der Waals surface area contributed by atoms with Gasteiger partial charge in [0.25, 0.3) is 11.8 Å². The number of hydrogen-bond acceptors (Lipinski definition) is 6. The van der Waals surface area contributed by atoms with E-state index >= 15 is 0 Å². The van der Waals surface area contributed by atoms with Crippen LogP contribution in [-0.4, -0.2) is 41.4 Å². The smallest absolute Gasteiger partial charge is 0.275 e. The summed E-state index contributed by atoms with van der Waals surface area (Å²) in [5.74, 6) is 0.150. The molecule has 1 aromatic heterocycles. The molecule has 0 bridgehead atoms. The van der Waals surface area contributed by atoms with Gasteiger partial charge in [0.15, 0.2) is 0 Å². The van der Waals surface area contributed by atoms with Crippen LogP contribution in [0.2, 0.25) is 0 Å². The van der Waals surface area contributed by atoms with Crippen LogP contribution in [0.1, 0.15) is 52.0 Å². The van der Waals surface area contributed by atoms with E-state index in [1.807, 2.05) is 11.8 Å². The van der Waals surface area contributed by atoms with Crippen LogP contribution >= 0.6 is 23.7 Å². The third kappa shape index (κ3) is 5.21. The number of hydrogen-bond donors (Lipinski definition) is 2. The summed E-state index contributed by atoms with van der Waals surface area (Å²) in [7, 11) is 0. The number of nitrogens with zero attached hydrogens (tertiary/aromatic N) is 2. The lowest BCUT2D eigenvalue weighted by atomic mass is 10.1. The Hall–Kier alpha value is -2.16. The van der Waals surface area contributed by atoms with Gasteiger partial charge in [-0.25, -0.2) is 4.98 Å². The monoisotopic (exact) mass is 424 g/mol. The summed E-state index contributed by atoms with van der Waals surface area (Å²) >= 11 is 1.34. The van der Waals surface area contributed by atoms with Gasteiger partial charge in [0.05, 0.1) is 12.3 Å². The van der Waals surface area contributed by atoms with Gasteiger partial charge in [0.2, 0.25) is 0 Å². The molecule has 0 atom stereocenters. The molecule has 0 saturated carbocycles. The number of amides is 2. The highest BCUT2D eigenvalue weighted by atomic mass is 35.5. The van der Waals surface area contributed by atoms with Crippen LogP contribution in [-0.2, 0) is 6.54 Å². The van der Waals surface area contributed by atoms with E-state index in [2.05, 4.69) is 10.3 Å². The zero-order valence-electron chi connectivity index (χ0n) is 15.8. The SMILES string of the molecule is CCOc1ccc(C(=O)N2CCCCC2)cc1NC(=O)c1csc(CN)n1.Cl. The summed E-state index contributed by atoms with van der Waals surface area (Å²) in [5.41, 5.74) is 6.86. The van der Waals surface area contributed by atoms with Gasteiger partial charge in [-0.05, 0) is 44.4 Å². The van der Waals surface area contributed by atoms with E-state index in [4.69, 9.17) is 10.5 Å². The Morgan fingerprint density at radius 2 is 2.04 bits per heavy atom. The van der Waals surface area contributed by atoms with Crippen molar-refractivity contribution in [1.82, 2.24) is 9.88 Å². The van der Waals surface area contributed by atoms with E-state index < -0.39 is 0 Å². The summed E-state index contributed by atoms with van der Waals surface area (Å²) in [6, 6.07) is 5.14. The number of piperidine rings is 1. The van der Waals surface area contributed by atoms with Crippen LogP contribution in [0.5, 0.6) is 5.75 Å². The zero-order valence-corrected chi connectivity index (χ0v) is 17.4. The number of carbonyl (C=O) groups is 2. The van der Waals surface area contributed by atoms with Gasteiger partial charge in [-0.2, -0.15) is 0 Å². The van der Waals surface area contributed by atoms with E-state index in [0.717, 1.165) is 32.4 Å². The van der Waals surface area contributed by atoms with Gasteiger partial charge in [-0.15, -0.1) is 23.7 Å². The number of rotatable bonds is 6. The van der Waals surface area contributed by atoms with Crippen molar-refractivity contribution >= 4 is 41.2 Å². The van der Waals surface area contributed by atoms with Crippen molar-refractivity contribution < 1.29 is 14.3 Å². The molecule has 1 fully saturated rings. The quantitative estimate of drug-likeness (QED) is 0.741. The largest absolute Gasteiger partial charge is 0.492 e. The first-order valence-electron chi connectivity index (χ1n) is 9.14. The molecule has 0 radical (unpaired) electrons. The lowest BCUT2D eigenvalue weighted by Gasteiger charge is -2.27. The lowest BCUT2D eigenvalue weighted by Crippen LogP contribution is -2.35. The maximum atomic E-state index is 12.8. The van der Waals surface area contributed by atoms with Crippen molar-refractivity contribution in [2.24, 2.45) is 5.73 Å². The number of thiazole rings is 1. The molecule has 28 heavy (non-hydrogen) atoms. The molecule has 0 spiro atoms. The molecule has 0 aliphatic carbocycles. The number of nitrogens with two attached hydrogens (primary N) is 1. The van der Waals surface area contributed by atoms with E-state index in [0.29, 0.717) is 40.9 Å². The van der Waals surface area contributed by atoms with Gasteiger partial charge >= 0.3 is 0 Å². The van der Waals surface area contributed by atoms with E-state index in [9.17, 15) is 9.59 Å². The highest BCUT2D eigenvalue weighted by molar-refractivity contribution is 7.09. The van der Waals surface area contributed by atoms with E-state index in [1.165, 1.54) is 11.3 Å². The summed E-state index contributed by atoms with van der Waals surface area (Å²) in [6.07, 6.45) is 3.21. The maximum absolute atomic E-state index is 12.8. The number of benzene rings is 1. The van der Waals surface area contributed by atoms with Crippen molar-refractivity contribution in [1.29, 1.82) is 0 Å². The Morgan fingerprint density at radius 1 is 1.29 bits per heavy atom. The summed E-state index contributed by atoms with van der Waals surface area (Å²) in [4.78, 5) is 31.3. The summed E-state index contributed by atoms with van der Waals surface area (Å²) in [5, 5.41) is 5.18. The highest BCUT2D eigenvalue weighted by Gasteiger charge is 2.20. The standard InChI is InChI=1S/C19H24N4O3S.ClH/c1-2-26-16-7-6-13(19(25)23-8-4-3-5-9-23)10-14(16)22-18(24)15-12-27-17(11-20)21-15;/h6-7,10,12H,2-5,8-9,11,20H2,1H3,(H,22,24);1H. The topological polar surface area (TPSA) is 97.5 Å². The normalized spacial score (nSPS) is 13.6. The molecule has 2 heterocycles. The van der Waals surface area contributed by atoms with Crippen LogP contribution in [0.3, 0.4) is 0 Å². The fourth-order valence-electron chi connectivity index (χ4n) is 3.02. The molecule has 1 aliphatic heterocycles. The second kappa shape index (κ2) is 10.4. The second-order valence-electron chi connectivity index (χ2n) is 6.28. The minimum Gasteiger partial charge on any atom is -0.492 e. The molecule has 2 aromatic rings. The minimum absolute atomic E-state index is 0. The molecule has 152 valence electrons. The Balaban J connectivity index is 0.00000280. The molecule has 3 N–H and O–H groups in total. The van der Waals surface area contributed by atoms with Crippen LogP contribution in [0.4, 0.5) is 5.69 Å². The number of nitrogens with one attached hydrogen (secondary N) is 1. The molecular formula is C19H25ClN4O3S. The van der Waals surface area contributed by atoms with Gasteiger partial charge in [-0.1, -0.05) is 0 Å². The summed E-state index contributed by atoms with van der Waals surface area (Å²) < 4.78 is 5.60. The van der Waals surface area contributed by atoms with Crippen molar-refractivity contribution in [2.45, 2.75) is 32.7 Å². The number of ether oxygens (including phenoxy) is 1. The maximum Gasteiger partial charge on any atom is 0.275 e. The third-order valence-electron chi connectivity index (χ3n) is 4.38. The predicted octanol–water partition coefficient (Wildman–Crippen LogP) is 3.30. The Bertz CT molecular complexity index is 821. The second-order valence-corrected chi connectivity index (χ2v) is 7.22. The average molecular weight is 425 g/mol. The molecule has 3 rings (SSSR count). The van der Waals surface area contributed by atoms with E-state index in [-0.39, 0.29) is 24.2 Å². The van der Waals surface area contributed by atoms with Crippen molar-refractivity contribution in [2.75, 3.05) is 25.0 Å². The number of likely N-dealkylation sites (tertiary alicyclic amines) is 1. The van der Waals surface area contributed by atoms with Crippen molar-refractivity contribution in [3.63, 3.8) is 0 Å². The van der Waals surface area contributed by atoms with Crippen molar-refractivity contribution in [3.8, 4) is 5.75 Å². The first kappa shape index (κ1) is 22.1. The molecule has 7 nitrogen and oxygen atoms in total. The lowest BCUT2D eigenvalue weighted by molar-refractivity contribution is 0.0724. The van der Waals surface area contributed by atoms with E-state index in [1.54, 1.807) is 23.6 Å². The average Bonchev–Trinajstić information content (AvgIpc) is 3.19. The Kier molecular flexibility index (Phi) is 8.22. The molecular weight excluding hydrogens is 400 g/mol. The first-order chi connectivity index (χ1) is 13.1. The van der Waals surface area contributed by atoms with Crippen LogP contribution in [0.15, 0.2) is 23.6 Å². The fraction of sp³-hybridized carbons (Fsp3) is 0.421. The molecule has 1 aliphatic rings. The van der Waals surface area contributed by atoms with Gasteiger partial charge in [0.1, 0.15) is 16.5 Å². The number of halogens is 1. The van der Waals surface area contributed by atoms with Gasteiger partial charge in [-0.3, -0.25) is 9.59 Å². The molecule has 0 unspecified atom stereocenters. The number of aromatic nitrogens is 1. The minimum atomic E-state index is -0.352. The van der Waals surface area contributed by atoms with Gasteiger partial charge in [0, 0.05) is 30.6 Å². The molecule has 2 amide bonds. The molecule has 9 heteroatoms. The van der Waals surface area contributed by atoms with Crippen molar-refractivity contribution in [3.05, 3.63) is 39.8 Å². The first-order valence-corrected chi connectivity index (χ1v) is 10.0.